The van der Waals surface area contributed by atoms with Gasteiger partial charge >= 0.3 is 60.8 Å². The van der Waals surface area contributed by atoms with Crippen molar-refractivity contribution in [1.82, 2.24) is 0 Å². The maximum atomic E-state index is 8.11. The van der Waals surface area contributed by atoms with Crippen molar-refractivity contribution < 1.29 is 10.9 Å². The Morgan fingerprint density at radius 2 is 1.80 bits per heavy atom. The van der Waals surface area contributed by atoms with Crippen molar-refractivity contribution >= 4 is 60.8 Å². The van der Waals surface area contributed by atoms with Crippen molar-refractivity contribution in [1.29, 1.82) is 0 Å². The van der Waals surface area contributed by atoms with Crippen LogP contribution in [0.25, 0.3) is 0 Å². The van der Waals surface area contributed by atoms with Gasteiger partial charge in [-0.3, -0.25) is 0 Å². The van der Waals surface area contributed by atoms with Crippen LogP contribution in [-0.4, -0.2) is 66.0 Å². The van der Waals surface area contributed by atoms with E-state index in [1.165, 1.54) is 5.34 Å². The average molecular weight is 115 g/mol. The summed E-state index contributed by atoms with van der Waals surface area (Å²) in [6.45, 7) is 0. The fraction of sp³-hybridized carbons (Fsp3) is 0. The predicted molar refractivity (Wildman–Crippen MR) is 23.5 cm³/mol. The van der Waals surface area contributed by atoms with Crippen LogP contribution in [0, 0.1) is 4.91 Å². The van der Waals surface area contributed by atoms with E-state index in [9.17, 15) is 0 Å². The van der Waals surface area contributed by atoms with Crippen LogP contribution in [0.5, 0.6) is 0 Å². The molecule has 5 heteroatoms. The first-order valence-corrected chi connectivity index (χ1v) is 0.383. The Morgan fingerprint density at radius 3 is 1.80 bits per heavy atom. The van der Waals surface area contributed by atoms with E-state index in [-0.39, 0.29) is 66.5 Å². The Hall–Kier alpha value is 1.43. The van der Waals surface area contributed by atoms with Gasteiger partial charge in [0.2, 0.25) is 0 Å². The molecule has 0 aliphatic heterocycles. The van der Waals surface area contributed by atoms with Gasteiger partial charge in [0.05, 0.1) is 0 Å². The van der Waals surface area contributed by atoms with Gasteiger partial charge in [-0.15, -0.1) is 4.91 Å². The summed E-state index contributed by atoms with van der Waals surface area (Å²) in [5, 5.41) is 7.89. The molecule has 1 N–H and O–H groups in total. The molecule has 0 fully saturated rings. The van der Waals surface area contributed by atoms with Crippen LogP contribution in [-0.2, 0) is 0 Å². The molecule has 0 rings (SSSR count). The molecule has 0 aromatic rings. The van der Waals surface area contributed by atoms with Gasteiger partial charge < -0.3 is 10.9 Å². The largest absolute Gasteiger partial charge is 2.00 e. The van der Waals surface area contributed by atoms with Crippen LogP contribution in [0.2, 0.25) is 0 Å². The minimum Gasteiger partial charge on any atom is -1.00 e. The molecule has 0 aromatic heterocycles. The minimum atomic E-state index is 0. The summed E-state index contributed by atoms with van der Waals surface area (Å²) >= 11 is 0. The maximum absolute atomic E-state index is 8.11. The molecule has 0 aliphatic carbocycles. The van der Waals surface area contributed by atoms with Gasteiger partial charge in [-0.25, -0.2) is 0 Å². The molecular formula is H5CaMgNO2. The molecule has 0 radical (unpaired) electrons. The smallest absolute Gasteiger partial charge is 1.00 e. The normalized spacial score (nSPS) is 2.40. The van der Waals surface area contributed by atoms with E-state index in [1.54, 1.807) is 0 Å². The maximum Gasteiger partial charge on any atom is 2.00 e. The first-order chi connectivity index (χ1) is 1.41. The summed E-state index contributed by atoms with van der Waals surface area (Å²) in [5.41, 5.74) is 0. The monoisotopic (exact) mass is 115 g/mol. The summed E-state index contributed by atoms with van der Waals surface area (Å²) in [6.07, 6.45) is 0. The summed E-state index contributed by atoms with van der Waals surface area (Å²) in [5.74, 6) is 0. The first-order valence-electron chi connectivity index (χ1n) is 0.383. The second-order valence-corrected chi connectivity index (χ2v) is 0.0816. The molecule has 26 valence electrons. The van der Waals surface area contributed by atoms with Gasteiger partial charge in [-0.05, 0) is 0 Å². The Balaban J connectivity index is -0.00000000133. The third-order valence-corrected chi connectivity index (χ3v) is 0. The third kappa shape index (κ3) is 31.3. The Morgan fingerprint density at radius 1 is 1.80 bits per heavy atom. The standard InChI is InChI=1S/Ca.Mg.HNO2.4H/c;;2-1-3;;;;/h;;(H,2,3);;;;/q2*+2;;4*-1. The Bertz CT molecular complexity index is 26.0. The summed E-state index contributed by atoms with van der Waals surface area (Å²) in [6, 6.07) is 0. The van der Waals surface area contributed by atoms with Gasteiger partial charge in [0.1, 0.15) is 0 Å². The second-order valence-electron chi connectivity index (χ2n) is 0.0816. The number of hydrogen-bond donors (Lipinski definition) is 1. The molecule has 0 aliphatic rings. The molecule has 0 amide bonds. The number of rotatable bonds is 0. The van der Waals surface area contributed by atoms with E-state index in [4.69, 9.17) is 10.1 Å². The van der Waals surface area contributed by atoms with Gasteiger partial charge in [0.25, 0.3) is 0 Å². The molecule has 0 spiro atoms. The Kier molecular flexibility index (Phi) is 58.2. The van der Waals surface area contributed by atoms with Crippen molar-refractivity contribution in [3.63, 3.8) is 0 Å². The molecule has 0 saturated carbocycles. The van der Waals surface area contributed by atoms with Crippen molar-refractivity contribution in [3.8, 4) is 0 Å². The van der Waals surface area contributed by atoms with Crippen molar-refractivity contribution in [3.05, 3.63) is 4.91 Å². The molecule has 0 bridgehead atoms. The molecule has 3 nitrogen and oxygen atoms in total. The SMILES string of the molecule is O=NO.[Ca+2].[H-].[H-].[H-].[H-].[Mg+2]. The van der Waals surface area contributed by atoms with Crippen LogP contribution in [0.1, 0.15) is 5.71 Å². The minimum absolute atomic E-state index is 0. The predicted octanol–water partition coefficient (Wildman–Crippen LogP) is -0.170. The number of nitrogens with zero attached hydrogens (tertiary/aromatic N) is 1. The summed E-state index contributed by atoms with van der Waals surface area (Å²) in [4.78, 5) is 8.11. The fourth-order valence-electron chi connectivity index (χ4n) is 0. The van der Waals surface area contributed by atoms with Gasteiger partial charge in [0.15, 0.2) is 5.34 Å². The van der Waals surface area contributed by atoms with Crippen LogP contribution in [0.15, 0.2) is 5.34 Å². The fourth-order valence-corrected chi connectivity index (χ4v) is 0. The van der Waals surface area contributed by atoms with E-state index < -0.39 is 0 Å². The van der Waals surface area contributed by atoms with Gasteiger partial charge in [-0.2, -0.15) is 0 Å². The summed E-state index contributed by atoms with van der Waals surface area (Å²) < 4.78 is 0. The molecular weight excluding hydrogens is 110 g/mol. The zero-order chi connectivity index (χ0) is 2.71. The van der Waals surface area contributed by atoms with E-state index in [1.807, 2.05) is 0 Å². The average Bonchev–Trinajstić information content (AvgIpc) is 0.918. The zero-order valence-electron chi connectivity index (χ0n) is 6.72. The van der Waals surface area contributed by atoms with Gasteiger partial charge in [0, 0.05) is 0 Å². The van der Waals surface area contributed by atoms with Crippen LogP contribution >= 0.6 is 0 Å². The summed E-state index contributed by atoms with van der Waals surface area (Å²) in [7, 11) is 0. The van der Waals surface area contributed by atoms with Crippen molar-refractivity contribution in [2.45, 2.75) is 0 Å². The molecule has 0 saturated heterocycles. The molecule has 0 unspecified atom stereocenters. The topological polar surface area (TPSA) is 49.7 Å². The Labute approximate surface area is 81.1 Å². The molecule has 0 aromatic carbocycles. The molecule has 0 heterocycles. The van der Waals surface area contributed by atoms with Gasteiger partial charge in [-0.1, -0.05) is 0 Å². The van der Waals surface area contributed by atoms with E-state index in [0.29, 0.717) is 0 Å². The van der Waals surface area contributed by atoms with Crippen LogP contribution in [0.4, 0.5) is 0 Å². The van der Waals surface area contributed by atoms with E-state index >= 15 is 0 Å². The quantitative estimate of drug-likeness (QED) is 0.271. The number of hydrogen-bond acceptors (Lipinski definition) is 2. The molecule has 0 atom stereocenters. The second kappa shape index (κ2) is 18.1. The zero-order valence-corrected chi connectivity index (χ0v) is 6.34. The van der Waals surface area contributed by atoms with E-state index in [0.717, 1.165) is 0 Å². The van der Waals surface area contributed by atoms with Crippen LogP contribution < -0.4 is 0 Å². The van der Waals surface area contributed by atoms with Crippen molar-refractivity contribution in [2.24, 2.45) is 5.34 Å². The van der Waals surface area contributed by atoms with Crippen LogP contribution in [0.3, 0.4) is 0 Å². The van der Waals surface area contributed by atoms with E-state index in [2.05, 4.69) is 0 Å². The third-order valence-electron chi connectivity index (χ3n) is 0. The molecule has 5 heavy (non-hydrogen) atoms. The van der Waals surface area contributed by atoms with Crippen molar-refractivity contribution in [2.75, 3.05) is 0 Å². The first kappa shape index (κ1) is 16.1.